The molecule has 0 aliphatic heterocycles. The molecule has 0 rings (SSSR count). The van der Waals surface area contributed by atoms with Gasteiger partial charge in [0.15, 0.2) is 0 Å². The summed E-state index contributed by atoms with van der Waals surface area (Å²) in [6.45, 7) is 15.9. The second-order valence-corrected chi connectivity index (χ2v) is 3.47. The Hall–Kier alpha value is -0.860. The summed E-state index contributed by atoms with van der Waals surface area (Å²) in [6.07, 6.45) is 5.84. The number of ether oxygens (including phenoxy) is 1. The van der Waals surface area contributed by atoms with Gasteiger partial charge in [0.25, 0.3) is 0 Å². The summed E-state index contributed by atoms with van der Waals surface area (Å²) < 4.78 is 6.02. The van der Waals surface area contributed by atoms with Crippen molar-refractivity contribution in [1.29, 1.82) is 0 Å². The molecule has 0 atom stereocenters. The van der Waals surface area contributed by atoms with Gasteiger partial charge in [-0.25, -0.2) is 0 Å². The zero-order valence-electron chi connectivity index (χ0n) is 9.24. The Morgan fingerprint density at radius 2 is 1.43 bits per heavy atom. The fourth-order valence-corrected chi connectivity index (χ4v) is 1.60. The number of nitrogens with zero attached hydrogens (tertiary/aromatic N) is 1. The molecule has 0 aliphatic rings. The fourth-order valence-electron chi connectivity index (χ4n) is 1.60. The lowest BCUT2D eigenvalue weighted by atomic mass is 10.3. The van der Waals surface area contributed by atoms with Crippen molar-refractivity contribution in [1.82, 2.24) is 0 Å². The van der Waals surface area contributed by atoms with Crippen molar-refractivity contribution in [2.75, 3.05) is 39.9 Å². The zero-order chi connectivity index (χ0) is 10.9. The third-order valence-electron chi connectivity index (χ3n) is 2.32. The minimum Gasteiger partial charge on any atom is -0.379 e. The Balaban J connectivity index is 4.43. The van der Waals surface area contributed by atoms with Crippen molar-refractivity contribution in [3.05, 3.63) is 38.0 Å². The number of hydrogen-bond donors (Lipinski definition) is 0. The van der Waals surface area contributed by atoms with E-state index in [9.17, 15) is 0 Å². The molecular weight excluding hydrogens is 174 g/mol. The summed E-state index contributed by atoms with van der Waals surface area (Å²) in [6, 6.07) is 0. The summed E-state index contributed by atoms with van der Waals surface area (Å²) in [5.74, 6) is 0. The van der Waals surface area contributed by atoms with E-state index < -0.39 is 0 Å². The van der Waals surface area contributed by atoms with Crippen LogP contribution in [0.4, 0.5) is 0 Å². The van der Waals surface area contributed by atoms with Gasteiger partial charge in [0.1, 0.15) is 6.54 Å². The highest BCUT2D eigenvalue weighted by molar-refractivity contribution is 4.76. The van der Waals surface area contributed by atoms with Crippen LogP contribution < -0.4 is 0 Å². The lowest BCUT2D eigenvalue weighted by Crippen LogP contribution is -2.50. The van der Waals surface area contributed by atoms with E-state index in [1.807, 2.05) is 18.2 Å². The lowest BCUT2D eigenvalue weighted by molar-refractivity contribution is -0.912. The van der Waals surface area contributed by atoms with Crippen LogP contribution in [0.25, 0.3) is 0 Å². The van der Waals surface area contributed by atoms with Crippen LogP contribution in [0.1, 0.15) is 0 Å². The van der Waals surface area contributed by atoms with Crippen LogP contribution in [0.2, 0.25) is 0 Å². The molecule has 0 unspecified atom stereocenters. The summed E-state index contributed by atoms with van der Waals surface area (Å²) in [4.78, 5) is 0. The second-order valence-electron chi connectivity index (χ2n) is 3.47. The molecular formula is C12H22NO+. The van der Waals surface area contributed by atoms with Gasteiger partial charge in [0.2, 0.25) is 0 Å². The minimum absolute atomic E-state index is 0.759. The molecule has 0 saturated heterocycles. The maximum atomic E-state index is 5.12. The standard InChI is InChI=1S/C12H22NO/c1-5-8-13(9-6-2,10-7-3)11-12-14-4/h5-7H,1-3,8-12H2,4H3/q+1. The predicted molar refractivity (Wildman–Crippen MR) is 62.2 cm³/mol. The maximum Gasteiger partial charge on any atom is 0.103 e. The van der Waals surface area contributed by atoms with Crippen molar-refractivity contribution in [3.8, 4) is 0 Å². The van der Waals surface area contributed by atoms with E-state index in [-0.39, 0.29) is 0 Å². The Kier molecular flexibility index (Phi) is 7.07. The van der Waals surface area contributed by atoms with Gasteiger partial charge in [0.05, 0.1) is 26.2 Å². The third kappa shape index (κ3) is 4.40. The number of rotatable bonds is 9. The highest BCUT2D eigenvalue weighted by Crippen LogP contribution is 2.07. The molecule has 0 spiro atoms. The Labute approximate surface area is 87.8 Å². The van der Waals surface area contributed by atoms with E-state index >= 15 is 0 Å². The molecule has 2 nitrogen and oxygen atoms in total. The Morgan fingerprint density at radius 3 is 1.71 bits per heavy atom. The van der Waals surface area contributed by atoms with Crippen LogP contribution >= 0.6 is 0 Å². The largest absolute Gasteiger partial charge is 0.379 e. The van der Waals surface area contributed by atoms with Gasteiger partial charge in [-0.3, -0.25) is 0 Å². The molecule has 0 aromatic carbocycles. The average molecular weight is 196 g/mol. The van der Waals surface area contributed by atoms with Gasteiger partial charge < -0.3 is 9.22 Å². The summed E-state index contributed by atoms with van der Waals surface area (Å²) >= 11 is 0. The topological polar surface area (TPSA) is 9.23 Å². The third-order valence-corrected chi connectivity index (χ3v) is 2.32. The molecule has 0 aromatic rings. The maximum absolute atomic E-state index is 5.12. The molecule has 0 aliphatic carbocycles. The van der Waals surface area contributed by atoms with Gasteiger partial charge in [0, 0.05) is 7.11 Å². The van der Waals surface area contributed by atoms with Crippen LogP contribution in [0.3, 0.4) is 0 Å². The Morgan fingerprint density at radius 1 is 1.00 bits per heavy atom. The van der Waals surface area contributed by atoms with Crippen molar-refractivity contribution < 1.29 is 9.22 Å². The van der Waals surface area contributed by atoms with E-state index in [2.05, 4.69) is 19.7 Å². The van der Waals surface area contributed by atoms with Crippen LogP contribution in [-0.2, 0) is 4.74 Å². The smallest absolute Gasteiger partial charge is 0.103 e. The number of quaternary nitrogens is 1. The van der Waals surface area contributed by atoms with Crippen molar-refractivity contribution in [2.45, 2.75) is 0 Å². The molecule has 0 aromatic heterocycles. The number of hydrogen-bond acceptors (Lipinski definition) is 1. The average Bonchev–Trinajstić information content (AvgIpc) is 2.16. The van der Waals surface area contributed by atoms with Gasteiger partial charge in [-0.05, 0) is 18.2 Å². The highest BCUT2D eigenvalue weighted by atomic mass is 16.5. The highest BCUT2D eigenvalue weighted by Gasteiger charge is 2.22. The van der Waals surface area contributed by atoms with Gasteiger partial charge in [-0.1, -0.05) is 19.7 Å². The van der Waals surface area contributed by atoms with Crippen LogP contribution in [0.5, 0.6) is 0 Å². The van der Waals surface area contributed by atoms with Crippen LogP contribution in [-0.4, -0.2) is 44.4 Å². The molecule has 14 heavy (non-hydrogen) atoms. The van der Waals surface area contributed by atoms with Crippen molar-refractivity contribution >= 4 is 0 Å². The van der Waals surface area contributed by atoms with E-state index in [1.165, 1.54) is 0 Å². The summed E-state index contributed by atoms with van der Waals surface area (Å²) in [7, 11) is 1.73. The van der Waals surface area contributed by atoms with E-state index in [4.69, 9.17) is 4.74 Å². The fraction of sp³-hybridized carbons (Fsp3) is 0.500. The molecule has 0 heterocycles. The second kappa shape index (κ2) is 7.54. The van der Waals surface area contributed by atoms with Gasteiger partial charge in [-0.15, -0.1) is 0 Å². The van der Waals surface area contributed by atoms with E-state index in [1.54, 1.807) is 7.11 Å². The molecule has 2 heteroatoms. The SMILES string of the molecule is C=CC[N+](CC=C)(CC=C)CCOC. The minimum atomic E-state index is 0.759. The number of methoxy groups -OCH3 is 1. The van der Waals surface area contributed by atoms with Crippen molar-refractivity contribution in [2.24, 2.45) is 0 Å². The van der Waals surface area contributed by atoms with E-state index in [0.29, 0.717) is 0 Å². The molecule has 0 saturated carbocycles. The van der Waals surface area contributed by atoms with Crippen LogP contribution in [0.15, 0.2) is 38.0 Å². The summed E-state index contributed by atoms with van der Waals surface area (Å²) in [5.41, 5.74) is 0. The van der Waals surface area contributed by atoms with Gasteiger partial charge >= 0.3 is 0 Å². The van der Waals surface area contributed by atoms with Crippen molar-refractivity contribution in [3.63, 3.8) is 0 Å². The molecule has 80 valence electrons. The Bertz CT molecular complexity index is 160. The molecule has 0 amide bonds. The first kappa shape index (κ1) is 13.1. The first-order valence-corrected chi connectivity index (χ1v) is 4.91. The first-order chi connectivity index (χ1) is 6.74. The molecule has 0 N–H and O–H groups in total. The van der Waals surface area contributed by atoms with E-state index in [0.717, 1.165) is 37.3 Å². The molecule has 0 radical (unpaired) electrons. The monoisotopic (exact) mass is 196 g/mol. The molecule has 0 fully saturated rings. The lowest BCUT2D eigenvalue weighted by Gasteiger charge is -2.35. The summed E-state index contributed by atoms with van der Waals surface area (Å²) in [5, 5.41) is 0. The quantitative estimate of drug-likeness (QED) is 0.405. The predicted octanol–water partition coefficient (Wildman–Crippen LogP) is 2.01. The van der Waals surface area contributed by atoms with Gasteiger partial charge in [-0.2, -0.15) is 0 Å². The first-order valence-electron chi connectivity index (χ1n) is 4.91. The van der Waals surface area contributed by atoms with Crippen LogP contribution in [0, 0.1) is 0 Å². The molecule has 0 bridgehead atoms. The zero-order valence-corrected chi connectivity index (χ0v) is 9.24. The normalized spacial score (nSPS) is 10.9.